The van der Waals surface area contributed by atoms with Crippen LogP contribution in [0, 0.1) is 17.1 Å². The molecule has 0 spiro atoms. The summed E-state index contributed by atoms with van der Waals surface area (Å²) in [5, 5.41) is 8.25. The van der Waals surface area contributed by atoms with Crippen LogP contribution in [0.4, 0.5) is 23.2 Å². The first-order valence-electron chi connectivity index (χ1n) is 4.56. The predicted octanol–water partition coefficient (Wildman–Crippen LogP) is 3.35. The minimum atomic E-state index is -4.62. The lowest BCUT2D eigenvalue weighted by atomic mass is 10.0. The Labute approximate surface area is 95.0 Å². The Morgan fingerprint density at radius 2 is 2.00 bits per heavy atom. The van der Waals surface area contributed by atoms with Gasteiger partial charge in [0.2, 0.25) is 0 Å². The van der Waals surface area contributed by atoms with Crippen LogP contribution in [0.1, 0.15) is 17.5 Å². The number of rotatable bonds is 2. The molecule has 1 aromatic rings. The molecule has 0 saturated heterocycles. The second-order valence-electron chi connectivity index (χ2n) is 3.22. The molecule has 1 rings (SSSR count). The number of nitrogens with two attached hydrogens (primary N) is 1. The van der Waals surface area contributed by atoms with E-state index in [4.69, 9.17) is 11.0 Å². The maximum absolute atomic E-state index is 13.1. The molecule has 0 atom stereocenters. The smallest absolute Gasteiger partial charge is 0.396 e. The van der Waals surface area contributed by atoms with Gasteiger partial charge < -0.3 is 5.73 Å². The van der Waals surface area contributed by atoms with E-state index < -0.39 is 23.2 Å². The lowest BCUT2D eigenvalue weighted by Gasteiger charge is -2.11. The van der Waals surface area contributed by atoms with Crippen molar-refractivity contribution in [2.24, 2.45) is 0 Å². The van der Waals surface area contributed by atoms with Crippen LogP contribution in [0.5, 0.6) is 0 Å². The largest absolute Gasteiger partial charge is 0.417 e. The Hall–Kier alpha value is -2.03. The van der Waals surface area contributed by atoms with Crippen LogP contribution in [0.2, 0.25) is 0 Å². The van der Waals surface area contributed by atoms with Crippen LogP contribution in [0.3, 0.4) is 0 Å². The highest BCUT2D eigenvalue weighted by Gasteiger charge is 2.33. The van der Waals surface area contributed by atoms with Gasteiger partial charge in [-0.3, -0.25) is 0 Å². The van der Waals surface area contributed by atoms with Gasteiger partial charge in [0.25, 0.3) is 0 Å². The number of nitrogens with zero attached hydrogens (tertiary/aromatic N) is 1. The molecule has 0 bridgehead atoms. The molecule has 0 aliphatic heterocycles. The molecule has 0 radical (unpaired) electrons. The second kappa shape index (κ2) is 4.87. The second-order valence-corrected chi connectivity index (χ2v) is 3.22. The zero-order valence-electron chi connectivity index (χ0n) is 8.55. The van der Waals surface area contributed by atoms with Gasteiger partial charge in [-0.2, -0.15) is 18.4 Å². The van der Waals surface area contributed by atoms with Crippen molar-refractivity contribution in [2.45, 2.75) is 12.6 Å². The molecule has 2 nitrogen and oxygen atoms in total. The summed E-state index contributed by atoms with van der Waals surface area (Å²) in [6.45, 7) is 0. The molecule has 0 aliphatic carbocycles. The molecule has 0 fully saturated rings. The third-order valence-electron chi connectivity index (χ3n) is 1.98. The average molecular weight is 244 g/mol. The Bertz CT molecular complexity index is 483. The lowest BCUT2D eigenvalue weighted by molar-refractivity contribution is -0.137. The molecule has 90 valence electrons. The topological polar surface area (TPSA) is 49.8 Å². The molecular weight excluding hydrogens is 236 g/mol. The number of halogens is 4. The summed E-state index contributed by atoms with van der Waals surface area (Å²) in [6, 6.07) is 2.98. The number of nitrogen functional groups attached to an aromatic ring is 1. The van der Waals surface area contributed by atoms with E-state index in [0.29, 0.717) is 12.1 Å². The van der Waals surface area contributed by atoms with Gasteiger partial charge in [-0.05, 0) is 17.7 Å². The fraction of sp³-hybridized carbons (Fsp3) is 0.182. The van der Waals surface area contributed by atoms with Gasteiger partial charge >= 0.3 is 6.18 Å². The summed E-state index contributed by atoms with van der Waals surface area (Å²) in [4.78, 5) is 0. The van der Waals surface area contributed by atoms with E-state index in [2.05, 4.69) is 0 Å². The van der Waals surface area contributed by atoms with E-state index in [0.717, 1.165) is 6.08 Å². The highest BCUT2D eigenvalue weighted by Crippen LogP contribution is 2.34. The van der Waals surface area contributed by atoms with Crippen molar-refractivity contribution >= 4 is 11.8 Å². The van der Waals surface area contributed by atoms with Crippen LogP contribution in [-0.2, 0) is 6.18 Å². The van der Waals surface area contributed by atoms with Crippen molar-refractivity contribution in [3.05, 3.63) is 35.2 Å². The van der Waals surface area contributed by atoms with Crippen molar-refractivity contribution < 1.29 is 17.6 Å². The van der Waals surface area contributed by atoms with Crippen LogP contribution in [-0.4, -0.2) is 0 Å². The maximum Gasteiger partial charge on any atom is 0.417 e. The van der Waals surface area contributed by atoms with Crippen molar-refractivity contribution in [2.75, 3.05) is 5.73 Å². The predicted molar refractivity (Wildman–Crippen MR) is 55.1 cm³/mol. The SMILES string of the molecule is N#CCC=Cc1cc(F)c(N)cc1C(F)(F)F. The molecule has 2 N–H and O–H groups in total. The Balaban J connectivity index is 3.27. The Morgan fingerprint density at radius 3 is 2.53 bits per heavy atom. The van der Waals surface area contributed by atoms with Gasteiger partial charge in [0, 0.05) is 0 Å². The number of allylic oxidation sites excluding steroid dienone is 1. The van der Waals surface area contributed by atoms with E-state index in [1.165, 1.54) is 6.08 Å². The Morgan fingerprint density at radius 1 is 1.35 bits per heavy atom. The molecule has 0 amide bonds. The quantitative estimate of drug-likeness (QED) is 0.640. The summed E-state index contributed by atoms with van der Waals surface area (Å²) in [6.07, 6.45) is -2.40. The highest BCUT2D eigenvalue weighted by atomic mass is 19.4. The molecular formula is C11H8F4N2. The van der Waals surface area contributed by atoms with Crippen LogP contribution in [0.25, 0.3) is 6.08 Å². The number of alkyl halides is 3. The maximum atomic E-state index is 13.1. The number of nitriles is 1. The van der Waals surface area contributed by atoms with Gasteiger partial charge in [-0.25, -0.2) is 4.39 Å². The van der Waals surface area contributed by atoms with E-state index in [-0.39, 0.29) is 12.0 Å². The lowest BCUT2D eigenvalue weighted by Crippen LogP contribution is -2.09. The van der Waals surface area contributed by atoms with Gasteiger partial charge in [0.05, 0.1) is 23.7 Å². The van der Waals surface area contributed by atoms with E-state index in [9.17, 15) is 17.6 Å². The average Bonchev–Trinajstić information content (AvgIpc) is 2.21. The van der Waals surface area contributed by atoms with E-state index in [1.807, 2.05) is 0 Å². The van der Waals surface area contributed by atoms with Gasteiger partial charge in [-0.15, -0.1) is 0 Å². The summed E-state index contributed by atoms with van der Waals surface area (Å²) < 4.78 is 50.8. The fourth-order valence-corrected chi connectivity index (χ4v) is 1.23. The first-order chi connectivity index (χ1) is 7.86. The number of hydrogen-bond acceptors (Lipinski definition) is 2. The van der Waals surface area contributed by atoms with Gasteiger partial charge in [0.1, 0.15) is 5.82 Å². The van der Waals surface area contributed by atoms with Gasteiger partial charge in [-0.1, -0.05) is 12.2 Å². The summed E-state index contributed by atoms with van der Waals surface area (Å²) >= 11 is 0. The molecule has 1 aromatic carbocycles. The molecule has 17 heavy (non-hydrogen) atoms. The summed E-state index contributed by atoms with van der Waals surface area (Å²) in [5.74, 6) is -0.922. The highest BCUT2D eigenvalue weighted by molar-refractivity contribution is 5.60. The molecule has 0 unspecified atom stereocenters. The summed E-state index contributed by atoms with van der Waals surface area (Å²) in [5.41, 5.74) is 3.16. The number of hydrogen-bond donors (Lipinski definition) is 1. The van der Waals surface area contributed by atoms with Crippen molar-refractivity contribution in [1.29, 1.82) is 5.26 Å². The molecule has 0 aromatic heterocycles. The van der Waals surface area contributed by atoms with Crippen molar-refractivity contribution in [3.8, 4) is 6.07 Å². The zero-order valence-corrected chi connectivity index (χ0v) is 8.55. The summed E-state index contributed by atoms with van der Waals surface area (Å²) in [7, 11) is 0. The van der Waals surface area contributed by atoms with Gasteiger partial charge in [0.15, 0.2) is 0 Å². The fourth-order valence-electron chi connectivity index (χ4n) is 1.23. The number of benzene rings is 1. The monoisotopic (exact) mass is 244 g/mol. The molecule has 0 aliphatic rings. The van der Waals surface area contributed by atoms with Crippen molar-refractivity contribution in [3.63, 3.8) is 0 Å². The zero-order chi connectivity index (χ0) is 13.1. The first-order valence-corrected chi connectivity index (χ1v) is 4.56. The Kier molecular flexibility index (Phi) is 3.73. The van der Waals surface area contributed by atoms with E-state index in [1.54, 1.807) is 6.07 Å². The molecule has 6 heteroatoms. The van der Waals surface area contributed by atoms with E-state index >= 15 is 0 Å². The van der Waals surface area contributed by atoms with Crippen molar-refractivity contribution in [1.82, 2.24) is 0 Å². The molecule has 0 heterocycles. The minimum absolute atomic E-state index is 0.0523. The number of anilines is 1. The van der Waals surface area contributed by atoms with Crippen LogP contribution < -0.4 is 5.73 Å². The molecule has 0 saturated carbocycles. The third-order valence-corrected chi connectivity index (χ3v) is 1.98. The van der Waals surface area contributed by atoms with Crippen LogP contribution in [0.15, 0.2) is 18.2 Å². The van der Waals surface area contributed by atoms with Crippen LogP contribution >= 0.6 is 0 Å². The standard InChI is InChI=1S/C11H8F4N2/c12-9-5-7(3-1-2-4-16)8(6-10(9)17)11(13,14)15/h1,3,5-6H,2,17H2. The first kappa shape index (κ1) is 13.0. The third kappa shape index (κ3) is 3.21. The minimum Gasteiger partial charge on any atom is -0.396 e. The normalized spacial score (nSPS) is 11.7.